The Kier molecular flexibility index (Phi) is 8.05. The Labute approximate surface area is 207 Å². The Balaban J connectivity index is 1.60. The lowest BCUT2D eigenvalue weighted by molar-refractivity contribution is 0.0108. The van der Waals surface area contributed by atoms with E-state index in [4.69, 9.17) is 0 Å². The molecule has 4 rings (SSSR count). The molecule has 2 aromatic carbocycles. The molecule has 6 unspecified atom stereocenters. The van der Waals surface area contributed by atoms with Crippen molar-refractivity contribution in [3.63, 3.8) is 0 Å². The van der Waals surface area contributed by atoms with E-state index in [1.54, 1.807) is 0 Å². The molecule has 0 amide bonds. The number of hydrogen-bond donors (Lipinski definition) is 2. The largest absolute Gasteiger partial charge is 0.508 e. The molecule has 2 fully saturated rings. The highest BCUT2D eigenvalue weighted by molar-refractivity contribution is 5.29. The number of rotatable bonds is 7. The number of phenols is 1. The standard InChI is InChI=1S/C31H45NO2/c1-22(2)28-14-16-31(4,26-8-6-5-7-9-26)19-29(28)25-15-17-32(20-23(3)21-33)30(18-25)24-10-12-27(34)13-11-24/h5-13,22-23,25,28-30,33-34H,14-21H2,1-4H3. The van der Waals surface area contributed by atoms with Gasteiger partial charge < -0.3 is 10.2 Å². The Morgan fingerprint density at radius 2 is 1.71 bits per heavy atom. The zero-order chi connectivity index (χ0) is 24.3. The van der Waals surface area contributed by atoms with Crippen molar-refractivity contribution in [3.05, 3.63) is 65.7 Å². The number of hydrogen-bond acceptors (Lipinski definition) is 3. The molecule has 34 heavy (non-hydrogen) atoms. The van der Waals surface area contributed by atoms with E-state index < -0.39 is 0 Å². The van der Waals surface area contributed by atoms with Crippen molar-refractivity contribution >= 4 is 0 Å². The molecule has 1 aliphatic heterocycles. The third-order valence-electron chi connectivity index (χ3n) is 9.09. The zero-order valence-corrected chi connectivity index (χ0v) is 21.7. The van der Waals surface area contributed by atoms with Crippen molar-refractivity contribution in [3.8, 4) is 5.75 Å². The van der Waals surface area contributed by atoms with E-state index in [1.807, 2.05) is 12.1 Å². The first kappa shape index (κ1) is 25.3. The van der Waals surface area contributed by atoms with Crippen LogP contribution < -0.4 is 0 Å². The molecule has 2 aromatic rings. The van der Waals surface area contributed by atoms with Crippen LogP contribution in [0.15, 0.2) is 54.6 Å². The van der Waals surface area contributed by atoms with Crippen molar-refractivity contribution in [1.82, 2.24) is 4.90 Å². The fraction of sp³-hybridized carbons (Fsp3) is 0.613. The highest BCUT2D eigenvalue weighted by Crippen LogP contribution is 2.52. The van der Waals surface area contributed by atoms with Crippen molar-refractivity contribution in [2.75, 3.05) is 19.7 Å². The summed E-state index contributed by atoms with van der Waals surface area (Å²) in [6, 6.07) is 19.4. The Morgan fingerprint density at radius 3 is 2.35 bits per heavy atom. The number of aliphatic hydroxyl groups is 1. The van der Waals surface area contributed by atoms with E-state index in [2.05, 4.69) is 75.1 Å². The zero-order valence-electron chi connectivity index (χ0n) is 21.7. The number of aromatic hydroxyl groups is 1. The lowest BCUT2D eigenvalue weighted by atomic mass is 9.56. The summed E-state index contributed by atoms with van der Waals surface area (Å²) < 4.78 is 0. The van der Waals surface area contributed by atoms with Gasteiger partial charge in [-0.15, -0.1) is 0 Å². The fourth-order valence-electron chi connectivity index (χ4n) is 7.07. The molecule has 1 saturated carbocycles. The highest BCUT2D eigenvalue weighted by Gasteiger charge is 2.45. The predicted molar refractivity (Wildman–Crippen MR) is 141 cm³/mol. The summed E-state index contributed by atoms with van der Waals surface area (Å²) in [5.74, 6) is 3.54. The van der Waals surface area contributed by atoms with Crippen molar-refractivity contribution < 1.29 is 10.2 Å². The third kappa shape index (κ3) is 5.52. The molecule has 3 heteroatoms. The summed E-state index contributed by atoms with van der Waals surface area (Å²) in [5.41, 5.74) is 3.07. The van der Waals surface area contributed by atoms with Gasteiger partial charge in [0.05, 0.1) is 0 Å². The van der Waals surface area contributed by atoms with Crippen molar-refractivity contribution in [1.29, 1.82) is 0 Å². The van der Waals surface area contributed by atoms with E-state index in [9.17, 15) is 10.2 Å². The average Bonchev–Trinajstić information content (AvgIpc) is 2.85. The molecule has 1 heterocycles. The van der Waals surface area contributed by atoms with Gasteiger partial charge in [0.1, 0.15) is 5.75 Å². The van der Waals surface area contributed by atoms with Crippen LogP contribution in [0, 0.1) is 29.6 Å². The number of phenolic OH excluding ortho intramolecular Hbond substituents is 1. The normalized spacial score (nSPS) is 31.5. The minimum absolute atomic E-state index is 0.232. The Morgan fingerprint density at radius 1 is 1.00 bits per heavy atom. The molecule has 0 radical (unpaired) electrons. The first-order valence-electron chi connectivity index (χ1n) is 13.5. The molecular weight excluding hydrogens is 418 g/mol. The van der Waals surface area contributed by atoms with Crippen molar-refractivity contribution in [2.45, 2.75) is 71.3 Å². The molecule has 3 nitrogen and oxygen atoms in total. The van der Waals surface area contributed by atoms with E-state index in [1.165, 1.54) is 43.2 Å². The third-order valence-corrected chi connectivity index (χ3v) is 9.09. The van der Waals surface area contributed by atoms with Crippen LogP contribution in [-0.4, -0.2) is 34.8 Å². The Hall–Kier alpha value is -1.84. The van der Waals surface area contributed by atoms with Crippen LogP contribution in [-0.2, 0) is 5.41 Å². The minimum atomic E-state index is 0.232. The van der Waals surface area contributed by atoms with Gasteiger partial charge in [-0.1, -0.05) is 70.2 Å². The molecule has 2 N–H and O–H groups in total. The maximum atomic E-state index is 9.88. The monoisotopic (exact) mass is 463 g/mol. The molecule has 0 aromatic heterocycles. The highest BCUT2D eigenvalue weighted by atomic mass is 16.3. The lowest BCUT2D eigenvalue weighted by Crippen LogP contribution is -2.46. The van der Waals surface area contributed by atoms with E-state index in [0.29, 0.717) is 23.6 Å². The molecular formula is C31H45NO2. The first-order valence-corrected chi connectivity index (χ1v) is 13.5. The van der Waals surface area contributed by atoms with Gasteiger partial charge >= 0.3 is 0 Å². The van der Waals surface area contributed by atoms with Crippen LogP contribution in [0.1, 0.15) is 77.0 Å². The first-order chi connectivity index (χ1) is 16.3. The number of piperidine rings is 1. The second-order valence-corrected chi connectivity index (χ2v) is 11.9. The van der Waals surface area contributed by atoms with Crippen LogP contribution in [0.25, 0.3) is 0 Å². The second-order valence-electron chi connectivity index (χ2n) is 11.9. The van der Waals surface area contributed by atoms with Crippen LogP contribution >= 0.6 is 0 Å². The van der Waals surface area contributed by atoms with E-state index in [0.717, 1.165) is 24.9 Å². The molecule has 2 aliphatic rings. The maximum absolute atomic E-state index is 9.88. The summed E-state index contributed by atoms with van der Waals surface area (Å²) in [5, 5.41) is 19.6. The SMILES string of the molecule is CC(CO)CN1CCC(C2CC(C)(c3ccccc3)CCC2C(C)C)CC1c1ccc(O)cc1. The molecule has 6 atom stereocenters. The summed E-state index contributed by atoms with van der Waals surface area (Å²) in [7, 11) is 0. The quantitative estimate of drug-likeness (QED) is 0.474. The number of nitrogens with zero attached hydrogens (tertiary/aromatic N) is 1. The maximum Gasteiger partial charge on any atom is 0.115 e. The molecule has 186 valence electrons. The van der Waals surface area contributed by atoms with Gasteiger partial charge in [-0.3, -0.25) is 4.90 Å². The van der Waals surface area contributed by atoms with Crippen LogP contribution in [0.4, 0.5) is 0 Å². The van der Waals surface area contributed by atoms with E-state index >= 15 is 0 Å². The molecule has 1 aliphatic carbocycles. The van der Waals surface area contributed by atoms with Gasteiger partial charge in [0.25, 0.3) is 0 Å². The van der Waals surface area contributed by atoms with Crippen LogP contribution in [0.2, 0.25) is 0 Å². The summed E-state index contributed by atoms with van der Waals surface area (Å²) in [4.78, 5) is 2.59. The fourth-order valence-corrected chi connectivity index (χ4v) is 7.07. The molecule has 1 saturated heterocycles. The van der Waals surface area contributed by atoms with Crippen molar-refractivity contribution in [2.24, 2.45) is 29.6 Å². The van der Waals surface area contributed by atoms with Gasteiger partial charge in [-0.05, 0) is 96.9 Å². The van der Waals surface area contributed by atoms with Gasteiger partial charge in [-0.2, -0.15) is 0 Å². The van der Waals surface area contributed by atoms with Crippen LogP contribution in [0.3, 0.4) is 0 Å². The van der Waals surface area contributed by atoms with E-state index in [-0.39, 0.29) is 17.9 Å². The van der Waals surface area contributed by atoms with Gasteiger partial charge in [0, 0.05) is 19.2 Å². The summed E-state index contributed by atoms with van der Waals surface area (Å²) in [6.07, 6.45) is 6.29. The number of benzene rings is 2. The lowest BCUT2D eigenvalue weighted by Gasteiger charge is -2.51. The summed E-state index contributed by atoms with van der Waals surface area (Å²) >= 11 is 0. The predicted octanol–water partition coefficient (Wildman–Crippen LogP) is 6.80. The molecule has 0 spiro atoms. The minimum Gasteiger partial charge on any atom is -0.508 e. The topological polar surface area (TPSA) is 43.7 Å². The number of likely N-dealkylation sites (tertiary alicyclic amines) is 1. The Bertz CT molecular complexity index is 895. The summed E-state index contributed by atoms with van der Waals surface area (Å²) in [6.45, 7) is 11.7. The van der Waals surface area contributed by atoms with Gasteiger partial charge in [0.2, 0.25) is 0 Å². The van der Waals surface area contributed by atoms with Gasteiger partial charge in [0.15, 0.2) is 0 Å². The van der Waals surface area contributed by atoms with Gasteiger partial charge in [-0.25, -0.2) is 0 Å². The molecule has 0 bridgehead atoms. The second kappa shape index (κ2) is 10.8. The number of aliphatic hydroxyl groups excluding tert-OH is 1. The smallest absolute Gasteiger partial charge is 0.115 e. The average molecular weight is 464 g/mol. The van der Waals surface area contributed by atoms with Crippen LogP contribution in [0.5, 0.6) is 5.75 Å².